The number of carbonyl (C=O) groups is 3. The van der Waals surface area contributed by atoms with E-state index in [1.165, 1.54) is 36.5 Å². The Balaban J connectivity index is 1.65. The van der Waals surface area contributed by atoms with Crippen LogP contribution in [0.1, 0.15) is 49.3 Å². The van der Waals surface area contributed by atoms with Gasteiger partial charge in [0.1, 0.15) is 29.5 Å². The Morgan fingerprint density at radius 3 is 2.47 bits per heavy atom. The van der Waals surface area contributed by atoms with Crippen molar-refractivity contribution in [1.29, 1.82) is 5.26 Å². The van der Waals surface area contributed by atoms with Crippen LogP contribution in [-0.2, 0) is 14.4 Å². The fourth-order valence-corrected chi connectivity index (χ4v) is 5.63. The summed E-state index contributed by atoms with van der Waals surface area (Å²) in [6, 6.07) is 9.03. The molecule has 13 heteroatoms. The van der Waals surface area contributed by atoms with Crippen molar-refractivity contribution in [2.45, 2.75) is 56.2 Å². The Bertz CT molecular complexity index is 1600. The first-order valence-electron chi connectivity index (χ1n) is 13.4. The first-order valence-corrected chi connectivity index (χ1v) is 13.8. The first kappa shape index (κ1) is 30.0. The van der Waals surface area contributed by atoms with Gasteiger partial charge < -0.3 is 5.32 Å². The Kier molecular flexibility index (Phi) is 8.37. The summed E-state index contributed by atoms with van der Waals surface area (Å²) in [5.74, 6) is -7.37. The molecule has 1 aliphatic carbocycles. The minimum atomic E-state index is -2.97. The molecule has 1 aromatic heterocycles. The van der Waals surface area contributed by atoms with Gasteiger partial charge in [0, 0.05) is 48.2 Å². The van der Waals surface area contributed by atoms with E-state index in [2.05, 4.69) is 10.3 Å². The molecule has 8 nitrogen and oxygen atoms in total. The van der Waals surface area contributed by atoms with Crippen molar-refractivity contribution < 1.29 is 31.9 Å². The largest absolute Gasteiger partial charge is 0.351 e. The first-order chi connectivity index (χ1) is 20.5. The van der Waals surface area contributed by atoms with Crippen LogP contribution >= 0.6 is 11.6 Å². The Hall–Kier alpha value is -4.50. The molecule has 3 aromatic rings. The van der Waals surface area contributed by atoms with Crippen molar-refractivity contribution in [2.75, 3.05) is 9.80 Å². The molecule has 0 spiro atoms. The van der Waals surface area contributed by atoms with Gasteiger partial charge in [-0.25, -0.2) is 22.5 Å². The number of nitriles is 1. The zero-order valence-electron chi connectivity index (χ0n) is 22.4. The highest BCUT2D eigenvalue weighted by Gasteiger charge is 2.48. The predicted molar refractivity (Wildman–Crippen MR) is 148 cm³/mol. The Morgan fingerprint density at radius 2 is 1.81 bits per heavy atom. The number of nitrogens with one attached hydrogen (secondary N) is 1. The Labute approximate surface area is 248 Å². The van der Waals surface area contributed by atoms with Crippen molar-refractivity contribution in [2.24, 2.45) is 0 Å². The molecule has 2 heterocycles. The third-order valence-electron chi connectivity index (χ3n) is 7.36. The topological polar surface area (TPSA) is 106 Å². The van der Waals surface area contributed by atoms with Crippen LogP contribution < -0.4 is 15.1 Å². The van der Waals surface area contributed by atoms with Gasteiger partial charge in [0.25, 0.3) is 11.8 Å². The van der Waals surface area contributed by atoms with Gasteiger partial charge in [0.15, 0.2) is 0 Å². The van der Waals surface area contributed by atoms with Crippen molar-refractivity contribution >= 4 is 40.8 Å². The molecule has 1 saturated heterocycles. The average Bonchev–Trinajstić information content (AvgIpc) is 2.94. The van der Waals surface area contributed by atoms with Gasteiger partial charge >= 0.3 is 0 Å². The molecule has 43 heavy (non-hydrogen) atoms. The number of benzene rings is 2. The van der Waals surface area contributed by atoms with Crippen LogP contribution in [0.4, 0.5) is 29.1 Å². The van der Waals surface area contributed by atoms with Gasteiger partial charge in [-0.05, 0) is 43.2 Å². The minimum Gasteiger partial charge on any atom is -0.351 e. The van der Waals surface area contributed by atoms with E-state index in [1.54, 1.807) is 6.07 Å². The number of rotatable bonds is 7. The second kappa shape index (κ2) is 12.0. The lowest BCUT2D eigenvalue weighted by Crippen LogP contribution is -2.58. The summed E-state index contributed by atoms with van der Waals surface area (Å²) in [6.45, 7) is 0. The van der Waals surface area contributed by atoms with E-state index in [-0.39, 0.29) is 46.9 Å². The molecular weight excluding hydrogens is 590 g/mol. The van der Waals surface area contributed by atoms with E-state index in [0.717, 1.165) is 21.9 Å². The lowest BCUT2D eigenvalue weighted by atomic mass is 9.87. The quantitative estimate of drug-likeness (QED) is 0.356. The number of anilines is 2. The van der Waals surface area contributed by atoms with E-state index in [9.17, 15) is 37.2 Å². The maximum Gasteiger partial charge on any atom is 0.252 e. The standard InChI is InChI=1S/C30H24ClF4N5O3/c31-23-5-2-1-4-22(23)27(28(42)38-20-14-30(34,35)15-20)39(21-12-18(32)11-19(33)13-21)29(43)24-6-3-7-26(41)40(24)25-10-17(16-36)8-9-37-25/h1-2,4-5,8-13,20,24,27H,3,6-7,14-15H2,(H,38,42)/t24-,27-/m0/s1. The number of piperidine rings is 1. The van der Waals surface area contributed by atoms with E-state index >= 15 is 0 Å². The highest BCUT2D eigenvalue weighted by atomic mass is 35.5. The van der Waals surface area contributed by atoms with E-state index in [0.29, 0.717) is 6.07 Å². The lowest BCUT2D eigenvalue weighted by Gasteiger charge is -2.41. The fraction of sp³-hybridized carbons (Fsp3) is 0.300. The van der Waals surface area contributed by atoms with Gasteiger partial charge in [0.2, 0.25) is 11.8 Å². The number of carbonyl (C=O) groups excluding carboxylic acids is 3. The maximum atomic E-state index is 14.6. The number of hydrogen-bond donors (Lipinski definition) is 1. The molecule has 1 aliphatic heterocycles. The summed E-state index contributed by atoms with van der Waals surface area (Å²) in [4.78, 5) is 47.7. The van der Waals surface area contributed by atoms with Crippen molar-refractivity contribution in [3.63, 3.8) is 0 Å². The molecule has 0 unspecified atom stereocenters. The van der Waals surface area contributed by atoms with Gasteiger partial charge in [0.05, 0.1) is 17.3 Å². The molecule has 2 atom stereocenters. The molecule has 2 aromatic carbocycles. The number of aromatic nitrogens is 1. The van der Waals surface area contributed by atoms with Crippen molar-refractivity contribution in [1.82, 2.24) is 10.3 Å². The monoisotopic (exact) mass is 613 g/mol. The number of halogens is 5. The fourth-order valence-electron chi connectivity index (χ4n) is 5.39. The molecule has 5 rings (SSSR count). The molecule has 0 radical (unpaired) electrons. The Morgan fingerprint density at radius 1 is 1.12 bits per heavy atom. The van der Waals surface area contributed by atoms with Crippen molar-refractivity contribution in [3.8, 4) is 6.07 Å². The van der Waals surface area contributed by atoms with Gasteiger partial charge in [-0.3, -0.25) is 24.2 Å². The summed E-state index contributed by atoms with van der Waals surface area (Å²) in [6.07, 6.45) is 0.468. The highest BCUT2D eigenvalue weighted by Crippen LogP contribution is 2.40. The van der Waals surface area contributed by atoms with Gasteiger partial charge in [-0.1, -0.05) is 29.8 Å². The molecule has 2 aliphatic rings. The second-order valence-corrected chi connectivity index (χ2v) is 10.8. The van der Waals surface area contributed by atoms with Crippen LogP contribution in [0, 0.1) is 23.0 Å². The third kappa shape index (κ3) is 6.32. The molecule has 2 fully saturated rings. The van der Waals surface area contributed by atoms with Gasteiger partial charge in [-0.15, -0.1) is 0 Å². The number of hydrogen-bond acceptors (Lipinski definition) is 5. The lowest BCUT2D eigenvalue weighted by molar-refractivity contribution is -0.133. The summed E-state index contributed by atoms with van der Waals surface area (Å²) in [5, 5.41) is 11.9. The molecule has 0 bridgehead atoms. The summed E-state index contributed by atoms with van der Waals surface area (Å²) < 4.78 is 56.4. The molecule has 222 valence electrons. The second-order valence-electron chi connectivity index (χ2n) is 10.4. The number of amides is 3. The number of pyridine rings is 1. The van der Waals surface area contributed by atoms with Crippen molar-refractivity contribution in [3.05, 3.63) is 88.6 Å². The average molecular weight is 614 g/mol. The van der Waals surface area contributed by atoms with Gasteiger partial charge in [-0.2, -0.15) is 5.26 Å². The predicted octanol–water partition coefficient (Wildman–Crippen LogP) is 5.46. The van der Waals surface area contributed by atoms with Crippen LogP contribution in [0.2, 0.25) is 5.02 Å². The van der Waals surface area contributed by atoms with Crippen LogP contribution in [0.15, 0.2) is 60.8 Å². The van der Waals surface area contributed by atoms with Crippen LogP contribution in [-0.4, -0.2) is 40.7 Å². The zero-order chi connectivity index (χ0) is 30.9. The van der Waals surface area contributed by atoms with E-state index in [1.807, 2.05) is 6.07 Å². The molecule has 3 amide bonds. The van der Waals surface area contributed by atoms with E-state index in [4.69, 9.17) is 11.6 Å². The molecular formula is C30H24ClF4N5O3. The minimum absolute atomic E-state index is 0.00270. The SMILES string of the molecule is N#Cc1ccnc(N2C(=O)CCC[C@H]2C(=O)N(c2cc(F)cc(F)c2)[C@H](C(=O)NC2CC(F)(F)C2)c2ccccc2Cl)c1. The molecule has 1 N–H and O–H groups in total. The van der Waals surface area contributed by atoms with Crippen LogP contribution in [0.5, 0.6) is 0 Å². The highest BCUT2D eigenvalue weighted by molar-refractivity contribution is 6.31. The summed E-state index contributed by atoms with van der Waals surface area (Å²) >= 11 is 6.47. The molecule has 1 saturated carbocycles. The third-order valence-corrected chi connectivity index (χ3v) is 7.71. The smallest absolute Gasteiger partial charge is 0.252 e. The zero-order valence-corrected chi connectivity index (χ0v) is 23.2. The normalized spacial score (nSPS) is 18.7. The van der Waals surface area contributed by atoms with E-state index < -0.39 is 66.2 Å². The summed E-state index contributed by atoms with van der Waals surface area (Å²) in [7, 11) is 0. The number of alkyl halides is 2. The van der Waals surface area contributed by atoms with Crippen LogP contribution in [0.3, 0.4) is 0 Å². The summed E-state index contributed by atoms with van der Waals surface area (Å²) in [5.41, 5.74) is -0.133. The van der Waals surface area contributed by atoms with Crippen LogP contribution in [0.25, 0.3) is 0 Å². The maximum absolute atomic E-state index is 14.6. The number of nitrogens with zero attached hydrogens (tertiary/aromatic N) is 4.